The summed E-state index contributed by atoms with van der Waals surface area (Å²) in [7, 11) is 0. The molecule has 0 aliphatic rings. The van der Waals surface area contributed by atoms with Gasteiger partial charge in [0.1, 0.15) is 5.01 Å². The minimum atomic E-state index is -0.0548. The lowest BCUT2D eigenvalue weighted by Gasteiger charge is -2.16. The Labute approximate surface area is 111 Å². The zero-order valence-electron chi connectivity index (χ0n) is 11.6. The molecule has 2 heterocycles. The van der Waals surface area contributed by atoms with Gasteiger partial charge in [-0.3, -0.25) is 0 Å². The lowest BCUT2D eigenvalue weighted by atomic mass is 9.96. The summed E-state index contributed by atoms with van der Waals surface area (Å²) >= 11 is 1.59. The Balaban J connectivity index is 2.48. The molecule has 0 saturated carbocycles. The van der Waals surface area contributed by atoms with Gasteiger partial charge in [-0.25, -0.2) is 0 Å². The summed E-state index contributed by atoms with van der Waals surface area (Å²) in [5.41, 5.74) is 5.79. The minimum Gasteiger partial charge on any atom is -0.330 e. The fourth-order valence-electron chi connectivity index (χ4n) is 1.91. The average Bonchev–Trinajstić information content (AvgIpc) is 2.74. The topological polar surface area (TPSA) is 69.1 Å². The van der Waals surface area contributed by atoms with Crippen molar-refractivity contribution < 1.29 is 0 Å². The van der Waals surface area contributed by atoms with E-state index in [1.165, 1.54) is 0 Å². The van der Waals surface area contributed by atoms with Crippen molar-refractivity contribution in [3.8, 4) is 0 Å². The van der Waals surface area contributed by atoms with Crippen LogP contribution in [0.5, 0.6) is 0 Å². The predicted octanol–water partition coefficient (Wildman–Crippen LogP) is 2.18. The molecule has 0 amide bonds. The van der Waals surface area contributed by atoms with Crippen LogP contribution >= 0.6 is 11.3 Å². The van der Waals surface area contributed by atoms with Gasteiger partial charge in [0, 0.05) is 17.9 Å². The van der Waals surface area contributed by atoms with Gasteiger partial charge in [0.05, 0.1) is 0 Å². The molecule has 2 rings (SSSR count). The molecule has 0 bridgehead atoms. The Hall–Kier alpha value is -1.01. The van der Waals surface area contributed by atoms with E-state index in [1.807, 2.05) is 4.52 Å². The average molecular weight is 267 g/mol. The molecule has 18 heavy (non-hydrogen) atoms. The largest absolute Gasteiger partial charge is 0.330 e. The fourth-order valence-corrected chi connectivity index (χ4v) is 3.03. The zero-order valence-corrected chi connectivity index (χ0v) is 12.5. The first-order valence-electron chi connectivity index (χ1n) is 6.27. The van der Waals surface area contributed by atoms with Crippen LogP contribution in [0.15, 0.2) is 0 Å². The van der Waals surface area contributed by atoms with Gasteiger partial charge in [0.25, 0.3) is 0 Å². The molecule has 2 N–H and O–H groups in total. The van der Waals surface area contributed by atoms with E-state index in [1.54, 1.807) is 11.3 Å². The number of nitrogens with two attached hydrogens (primary N) is 1. The van der Waals surface area contributed by atoms with Crippen LogP contribution in [0, 0.1) is 5.92 Å². The molecule has 1 atom stereocenters. The van der Waals surface area contributed by atoms with Crippen molar-refractivity contribution in [1.82, 2.24) is 19.8 Å². The monoisotopic (exact) mass is 267 g/mol. The quantitative estimate of drug-likeness (QED) is 0.925. The molecule has 1 unspecified atom stereocenters. The van der Waals surface area contributed by atoms with Crippen molar-refractivity contribution >= 4 is 16.3 Å². The number of fused-ring (bicyclic) bond motifs is 1. The lowest BCUT2D eigenvalue weighted by molar-refractivity contribution is 0.490. The molecule has 6 heteroatoms. The summed E-state index contributed by atoms with van der Waals surface area (Å²) in [5.74, 6) is 1.68. The molecule has 0 aliphatic heterocycles. The summed E-state index contributed by atoms with van der Waals surface area (Å²) in [6, 6.07) is 0. The first-order chi connectivity index (χ1) is 8.34. The zero-order chi connectivity index (χ0) is 13.5. The Morgan fingerprint density at radius 3 is 2.44 bits per heavy atom. The smallest absolute Gasteiger partial charge is 0.234 e. The fraction of sp³-hybridized carbons (Fsp3) is 0.750. The Kier molecular flexibility index (Phi) is 3.42. The Bertz CT molecular complexity index is 534. The van der Waals surface area contributed by atoms with Gasteiger partial charge in [-0.05, 0) is 5.92 Å². The molecule has 0 fully saturated rings. The van der Waals surface area contributed by atoms with E-state index < -0.39 is 0 Å². The predicted molar refractivity (Wildman–Crippen MR) is 74.0 cm³/mol. The molecule has 0 aliphatic carbocycles. The van der Waals surface area contributed by atoms with Crippen LogP contribution in [-0.4, -0.2) is 26.4 Å². The molecular weight excluding hydrogens is 246 g/mol. The SMILES string of the molecule is CC(C)C(CN)c1nn2c(C(C)(C)C)nnc2s1. The van der Waals surface area contributed by atoms with Crippen LogP contribution in [-0.2, 0) is 5.41 Å². The maximum absolute atomic E-state index is 5.84. The summed E-state index contributed by atoms with van der Waals surface area (Å²) < 4.78 is 1.87. The molecule has 2 aromatic rings. The Morgan fingerprint density at radius 1 is 1.28 bits per heavy atom. The third kappa shape index (κ3) is 2.27. The van der Waals surface area contributed by atoms with E-state index in [0.717, 1.165) is 15.8 Å². The summed E-state index contributed by atoms with van der Waals surface area (Å²) in [6.07, 6.45) is 0. The van der Waals surface area contributed by atoms with Crippen LogP contribution in [0.4, 0.5) is 0 Å². The molecule has 5 nitrogen and oxygen atoms in total. The van der Waals surface area contributed by atoms with E-state index >= 15 is 0 Å². The van der Waals surface area contributed by atoms with E-state index in [0.29, 0.717) is 18.4 Å². The van der Waals surface area contributed by atoms with Gasteiger partial charge in [-0.1, -0.05) is 46.0 Å². The highest BCUT2D eigenvalue weighted by atomic mass is 32.1. The molecular formula is C12H21N5S. The van der Waals surface area contributed by atoms with E-state index in [9.17, 15) is 0 Å². The normalized spacial score (nSPS) is 14.6. The number of rotatable bonds is 3. The van der Waals surface area contributed by atoms with Gasteiger partial charge in [-0.15, -0.1) is 10.2 Å². The van der Waals surface area contributed by atoms with Gasteiger partial charge >= 0.3 is 0 Å². The maximum atomic E-state index is 5.84. The molecule has 2 aromatic heterocycles. The lowest BCUT2D eigenvalue weighted by Crippen LogP contribution is -2.19. The number of hydrogen-bond acceptors (Lipinski definition) is 5. The highest BCUT2D eigenvalue weighted by Gasteiger charge is 2.25. The number of nitrogens with zero attached hydrogens (tertiary/aromatic N) is 4. The van der Waals surface area contributed by atoms with Crippen molar-refractivity contribution in [2.45, 2.75) is 46.0 Å². The van der Waals surface area contributed by atoms with Crippen molar-refractivity contribution in [2.75, 3.05) is 6.54 Å². The summed E-state index contributed by atoms with van der Waals surface area (Å²) in [6.45, 7) is 11.3. The van der Waals surface area contributed by atoms with Gasteiger partial charge in [0.15, 0.2) is 5.82 Å². The van der Waals surface area contributed by atoms with Crippen molar-refractivity contribution in [3.05, 3.63) is 10.8 Å². The van der Waals surface area contributed by atoms with Crippen molar-refractivity contribution in [2.24, 2.45) is 11.7 Å². The van der Waals surface area contributed by atoms with Crippen LogP contribution < -0.4 is 5.73 Å². The van der Waals surface area contributed by atoms with Gasteiger partial charge in [0.2, 0.25) is 4.96 Å². The second kappa shape index (κ2) is 4.59. The Morgan fingerprint density at radius 2 is 1.94 bits per heavy atom. The first-order valence-corrected chi connectivity index (χ1v) is 7.09. The summed E-state index contributed by atoms with van der Waals surface area (Å²) in [4.78, 5) is 0.856. The standard InChI is InChI=1S/C12H21N5S/c1-7(2)8(6-13)9-16-17-10(12(3,4)5)14-15-11(17)18-9/h7-8H,6,13H2,1-5H3. The van der Waals surface area contributed by atoms with Gasteiger partial charge in [-0.2, -0.15) is 9.61 Å². The van der Waals surface area contributed by atoms with E-state index in [4.69, 9.17) is 5.73 Å². The summed E-state index contributed by atoms with van der Waals surface area (Å²) in [5, 5.41) is 14.2. The van der Waals surface area contributed by atoms with Crippen molar-refractivity contribution in [3.63, 3.8) is 0 Å². The molecule has 0 aromatic carbocycles. The highest BCUT2D eigenvalue weighted by molar-refractivity contribution is 7.16. The number of hydrogen-bond donors (Lipinski definition) is 1. The van der Waals surface area contributed by atoms with Gasteiger partial charge < -0.3 is 5.73 Å². The number of aromatic nitrogens is 4. The molecule has 100 valence electrons. The van der Waals surface area contributed by atoms with E-state index in [2.05, 4.69) is 49.9 Å². The third-order valence-corrected chi connectivity index (χ3v) is 4.08. The van der Waals surface area contributed by atoms with Crippen LogP contribution in [0.1, 0.15) is 51.4 Å². The minimum absolute atomic E-state index is 0.0548. The van der Waals surface area contributed by atoms with Crippen LogP contribution in [0.25, 0.3) is 4.96 Å². The third-order valence-electron chi connectivity index (χ3n) is 3.05. The molecule has 0 radical (unpaired) electrons. The first kappa shape index (κ1) is 13.4. The molecule has 0 spiro atoms. The van der Waals surface area contributed by atoms with Crippen LogP contribution in [0.2, 0.25) is 0 Å². The second-order valence-corrected chi connectivity index (χ2v) is 6.98. The molecule has 0 saturated heterocycles. The van der Waals surface area contributed by atoms with Crippen molar-refractivity contribution in [1.29, 1.82) is 0 Å². The maximum Gasteiger partial charge on any atom is 0.234 e. The van der Waals surface area contributed by atoms with Crippen LogP contribution in [0.3, 0.4) is 0 Å². The second-order valence-electron chi connectivity index (χ2n) is 5.99. The van der Waals surface area contributed by atoms with E-state index in [-0.39, 0.29) is 5.41 Å². The highest BCUT2D eigenvalue weighted by Crippen LogP contribution is 2.29.